The Morgan fingerprint density at radius 1 is 1.24 bits per heavy atom. The number of hydrogen-bond acceptors (Lipinski definition) is 2. The van der Waals surface area contributed by atoms with Crippen LogP contribution in [-0.4, -0.2) is 9.55 Å². The summed E-state index contributed by atoms with van der Waals surface area (Å²) in [6, 6.07) is 4.81. The zero-order valence-electron chi connectivity index (χ0n) is 8.21. The Hall–Kier alpha value is -1.59. The summed E-state index contributed by atoms with van der Waals surface area (Å²) in [6.45, 7) is 0. The fraction of sp³-hybridized carbons (Fsp3) is 0. The van der Waals surface area contributed by atoms with Crippen molar-refractivity contribution in [1.29, 1.82) is 0 Å². The van der Waals surface area contributed by atoms with E-state index >= 15 is 0 Å². The summed E-state index contributed by atoms with van der Waals surface area (Å²) >= 11 is 11.3. The van der Waals surface area contributed by atoms with Gasteiger partial charge in [-0.3, -0.25) is 9.78 Å². The van der Waals surface area contributed by atoms with Crippen LogP contribution in [0, 0.1) is 5.82 Å². The van der Waals surface area contributed by atoms with Gasteiger partial charge in [0.15, 0.2) is 0 Å². The molecule has 0 fully saturated rings. The standard InChI is InChI=1S/C10H5Cl2FN2O2/c11-5-2-1-3-6(13)9(5)15-8(16)4-7(12)14-10(15)17/h1-4H,(H,14,17). The molecule has 0 saturated carbocycles. The Morgan fingerprint density at radius 3 is 2.53 bits per heavy atom. The molecule has 2 aromatic rings. The van der Waals surface area contributed by atoms with Gasteiger partial charge in [0.2, 0.25) is 0 Å². The molecule has 0 aliphatic heterocycles. The minimum Gasteiger partial charge on any atom is -0.297 e. The van der Waals surface area contributed by atoms with Crippen molar-refractivity contribution in [2.75, 3.05) is 0 Å². The van der Waals surface area contributed by atoms with Crippen LogP contribution in [0.1, 0.15) is 0 Å². The lowest BCUT2D eigenvalue weighted by Crippen LogP contribution is -2.33. The summed E-state index contributed by atoms with van der Waals surface area (Å²) in [5.41, 5.74) is -1.91. The van der Waals surface area contributed by atoms with E-state index in [-0.39, 0.29) is 15.9 Å². The second-order valence-electron chi connectivity index (χ2n) is 3.17. The van der Waals surface area contributed by atoms with E-state index in [4.69, 9.17) is 23.2 Å². The van der Waals surface area contributed by atoms with E-state index in [1.165, 1.54) is 12.1 Å². The van der Waals surface area contributed by atoms with E-state index < -0.39 is 17.1 Å². The molecule has 88 valence electrons. The van der Waals surface area contributed by atoms with Gasteiger partial charge in [-0.15, -0.1) is 0 Å². The zero-order chi connectivity index (χ0) is 12.6. The van der Waals surface area contributed by atoms with Gasteiger partial charge in [0.1, 0.15) is 16.7 Å². The maximum atomic E-state index is 13.6. The molecule has 2 rings (SSSR count). The second-order valence-corrected chi connectivity index (χ2v) is 3.98. The maximum Gasteiger partial charge on any atom is 0.334 e. The van der Waals surface area contributed by atoms with Crippen LogP contribution in [0.2, 0.25) is 10.2 Å². The van der Waals surface area contributed by atoms with Crippen molar-refractivity contribution in [3.05, 3.63) is 61.1 Å². The topological polar surface area (TPSA) is 54.9 Å². The highest BCUT2D eigenvalue weighted by molar-refractivity contribution is 6.32. The smallest absolute Gasteiger partial charge is 0.297 e. The second kappa shape index (κ2) is 4.35. The average Bonchev–Trinajstić information content (AvgIpc) is 2.21. The third kappa shape index (κ3) is 2.11. The van der Waals surface area contributed by atoms with Crippen LogP contribution in [-0.2, 0) is 0 Å². The molecule has 1 aromatic heterocycles. The van der Waals surface area contributed by atoms with Gasteiger partial charge in [-0.2, -0.15) is 0 Å². The summed E-state index contributed by atoms with van der Waals surface area (Å²) in [6.07, 6.45) is 0. The predicted molar refractivity (Wildman–Crippen MR) is 62.6 cm³/mol. The van der Waals surface area contributed by atoms with Crippen molar-refractivity contribution in [3.8, 4) is 5.69 Å². The zero-order valence-corrected chi connectivity index (χ0v) is 9.72. The molecule has 0 radical (unpaired) electrons. The van der Waals surface area contributed by atoms with E-state index in [0.29, 0.717) is 4.57 Å². The SMILES string of the molecule is O=c1cc(Cl)[nH]c(=O)n1-c1c(F)cccc1Cl. The quantitative estimate of drug-likeness (QED) is 0.809. The number of para-hydroxylation sites is 1. The van der Waals surface area contributed by atoms with E-state index in [1.807, 2.05) is 0 Å². The van der Waals surface area contributed by atoms with Crippen LogP contribution in [0.3, 0.4) is 0 Å². The van der Waals surface area contributed by atoms with Gasteiger partial charge in [0.25, 0.3) is 5.56 Å². The van der Waals surface area contributed by atoms with Gasteiger partial charge < -0.3 is 0 Å². The normalized spacial score (nSPS) is 10.5. The van der Waals surface area contributed by atoms with Crippen LogP contribution in [0.5, 0.6) is 0 Å². The van der Waals surface area contributed by atoms with Crippen LogP contribution < -0.4 is 11.2 Å². The molecule has 1 heterocycles. The number of benzene rings is 1. The van der Waals surface area contributed by atoms with Gasteiger partial charge in [0.05, 0.1) is 5.02 Å². The van der Waals surface area contributed by atoms with Crippen molar-refractivity contribution >= 4 is 23.2 Å². The average molecular weight is 275 g/mol. The largest absolute Gasteiger partial charge is 0.334 e. The summed E-state index contributed by atoms with van der Waals surface area (Å²) in [7, 11) is 0. The lowest BCUT2D eigenvalue weighted by molar-refractivity contribution is 0.612. The Balaban J connectivity index is 2.88. The molecular weight excluding hydrogens is 270 g/mol. The lowest BCUT2D eigenvalue weighted by atomic mass is 10.3. The Morgan fingerprint density at radius 2 is 1.94 bits per heavy atom. The summed E-state index contributed by atoms with van der Waals surface area (Å²) < 4.78 is 14.2. The number of H-pyrrole nitrogens is 1. The summed E-state index contributed by atoms with van der Waals surface area (Å²) in [5.74, 6) is -0.771. The van der Waals surface area contributed by atoms with Crippen molar-refractivity contribution < 1.29 is 4.39 Å². The van der Waals surface area contributed by atoms with Crippen molar-refractivity contribution in [2.45, 2.75) is 0 Å². The van der Waals surface area contributed by atoms with Crippen LogP contribution >= 0.6 is 23.2 Å². The molecule has 0 aliphatic rings. The minimum atomic E-state index is -0.852. The Bertz CT molecular complexity index is 642. The number of nitrogens with zero attached hydrogens (tertiary/aromatic N) is 1. The molecule has 17 heavy (non-hydrogen) atoms. The van der Waals surface area contributed by atoms with E-state index in [0.717, 1.165) is 12.1 Å². The molecule has 0 bridgehead atoms. The van der Waals surface area contributed by atoms with Gasteiger partial charge in [-0.05, 0) is 12.1 Å². The molecule has 1 N–H and O–H groups in total. The first kappa shape index (κ1) is 11.9. The van der Waals surface area contributed by atoms with Crippen LogP contribution in [0.15, 0.2) is 33.9 Å². The number of halogens is 3. The highest BCUT2D eigenvalue weighted by Crippen LogP contribution is 2.20. The maximum absolute atomic E-state index is 13.6. The number of rotatable bonds is 1. The Kier molecular flexibility index (Phi) is 3.04. The first-order valence-corrected chi connectivity index (χ1v) is 5.22. The van der Waals surface area contributed by atoms with Crippen molar-refractivity contribution in [2.24, 2.45) is 0 Å². The first-order valence-electron chi connectivity index (χ1n) is 4.47. The molecule has 0 atom stereocenters. The molecule has 0 aliphatic carbocycles. The van der Waals surface area contributed by atoms with Gasteiger partial charge in [-0.1, -0.05) is 29.3 Å². The van der Waals surface area contributed by atoms with Crippen molar-refractivity contribution in [3.63, 3.8) is 0 Å². The fourth-order valence-corrected chi connectivity index (χ4v) is 1.80. The highest BCUT2D eigenvalue weighted by atomic mass is 35.5. The summed E-state index contributed by atoms with van der Waals surface area (Å²) in [4.78, 5) is 25.3. The Labute approximate surface area is 104 Å². The van der Waals surface area contributed by atoms with Gasteiger partial charge >= 0.3 is 5.69 Å². The lowest BCUT2D eigenvalue weighted by Gasteiger charge is -2.07. The molecule has 0 saturated heterocycles. The fourth-order valence-electron chi connectivity index (χ4n) is 1.38. The first-order chi connectivity index (χ1) is 8.00. The van der Waals surface area contributed by atoms with Crippen LogP contribution in [0.25, 0.3) is 5.69 Å². The third-order valence-electron chi connectivity index (χ3n) is 2.06. The molecule has 0 spiro atoms. The number of aromatic amines is 1. The number of hydrogen-bond donors (Lipinski definition) is 1. The van der Waals surface area contributed by atoms with Gasteiger partial charge in [-0.25, -0.2) is 13.8 Å². The predicted octanol–water partition coefficient (Wildman–Crippen LogP) is 1.97. The third-order valence-corrected chi connectivity index (χ3v) is 2.57. The van der Waals surface area contributed by atoms with E-state index in [2.05, 4.69) is 4.98 Å². The molecule has 4 nitrogen and oxygen atoms in total. The monoisotopic (exact) mass is 274 g/mol. The number of nitrogens with one attached hydrogen (secondary N) is 1. The number of aromatic nitrogens is 2. The van der Waals surface area contributed by atoms with E-state index in [1.54, 1.807) is 0 Å². The minimum absolute atomic E-state index is 0.0417. The molecule has 7 heteroatoms. The highest BCUT2D eigenvalue weighted by Gasteiger charge is 2.14. The molecular formula is C10H5Cl2FN2O2. The van der Waals surface area contributed by atoms with Crippen LogP contribution in [0.4, 0.5) is 4.39 Å². The van der Waals surface area contributed by atoms with Gasteiger partial charge in [0, 0.05) is 6.07 Å². The molecule has 1 aromatic carbocycles. The molecule has 0 amide bonds. The molecule has 0 unspecified atom stereocenters. The van der Waals surface area contributed by atoms with E-state index in [9.17, 15) is 14.0 Å². The van der Waals surface area contributed by atoms with Crippen molar-refractivity contribution in [1.82, 2.24) is 9.55 Å². The summed E-state index contributed by atoms with van der Waals surface area (Å²) in [5, 5.41) is -0.163.